The summed E-state index contributed by atoms with van der Waals surface area (Å²) in [4.78, 5) is 13.3. The van der Waals surface area contributed by atoms with E-state index in [1.54, 1.807) is 0 Å². The summed E-state index contributed by atoms with van der Waals surface area (Å²) in [6.45, 7) is 1.03. The largest absolute Gasteiger partial charge is 0.293 e. The fourth-order valence-electron chi connectivity index (χ4n) is 3.38. The summed E-state index contributed by atoms with van der Waals surface area (Å²) in [5.74, 6) is 0. The first-order chi connectivity index (χ1) is 8.36. The predicted molar refractivity (Wildman–Crippen MR) is 67.6 cm³/mol. The molecule has 2 unspecified atom stereocenters. The van der Waals surface area contributed by atoms with Crippen molar-refractivity contribution >= 4 is 0 Å². The van der Waals surface area contributed by atoms with Gasteiger partial charge < -0.3 is 0 Å². The molecule has 1 aromatic carbocycles. The van der Waals surface area contributed by atoms with Crippen LogP contribution in [0.2, 0.25) is 0 Å². The first kappa shape index (κ1) is 10.9. The van der Waals surface area contributed by atoms with Gasteiger partial charge in [0.2, 0.25) is 0 Å². The van der Waals surface area contributed by atoms with Gasteiger partial charge in [0.1, 0.15) is 0 Å². The van der Waals surface area contributed by atoms with E-state index in [1.807, 2.05) is 0 Å². The molecular formula is C14H18N2O. The van der Waals surface area contributed by atoms with Crippen LogP contribution >= 0.6 is 0 Å². The number of fused-ring (bicyclic) bond motifs is 2. The zero-order valence-corrected chi connectivity index (χ0v) is 9.96. The van der Waals surface area contributed by atoms with Gasteiger partial charge in [-0.25, -0.2) is 0 Å². The SMILES string of the molecule is O=NC1CC2CCC(C1)N2Cc1ccccc1. The van der Waals surface area contributed by atoms with Gasteiger partial charge in [0.25, 0.3) is 0 Å². The van der Waals surface area contributed by atoms with Gasteiger partial charge in [0.05, 0.1) is 6.04 Å². The highest BCUT2D eigenvalue weighted by Gasteiger charge is 2.40. The second-order valence-corrected chi connectivity index (χ2v) is 5.27. The molecule has 0 aromatic heterocycles. The van der Waals surface area contributed by atoms with E-state index < -0.39 is 0 Å². The van der Waals surface area contributed by atoms with Gasteiger partial charge in [-0.15, -0.1) is 0 Å². The Hall–Kier alpha value is -1.22. The summed E-state index contributed by atoms with van der Waals surface area (Å²) >= 11 is 0. The lowest BCUT2D eigenvalue weighted by atomic mass is 9.97. The van der Waals surface area contributed by atoms with Crippen LogP contribution < -0.4 is 0 Å². The van der Waals surface area contributed by atoms with Crippen LogP contribution in [0.4, 0.5) is 0 Å². The molecule has 2 aliphatic rings. The van der Waals surface area contributed by atoms with Gasteiger partial charge in [-0.3, -0.25) is 4.90 Å². The molecule has 0 N–H and O–H groups in total. The molecule has 1 aromatic rings. The molecule has 2 atom stereocenters. The van der Waals surface area contributed by atoms with E-state index in [-0.39, 0.29) is 6.04 Å². The smallest absolute Gasteiger partial charge is 0.0949 e. The Morgan fingerprint density at radius 2 is 1.76 bits per heavy atom. The van der Waals surface area contributed by atoms with E-state index in [2.05, 4.69) is 40.4 Å². The number of benzene rings is 1. The summed E-state index contributed by atoms with van der Waals surface area (Å²) in [5, 5.41) is 3.25. The van der Waals surface area contributed by atoms with Crippen molar-refractivity contribution in [2.75, 3.05) is 0 Å². The molecule has 2 bridgehead atoms. The van der Waals surface area contributed by atoms with Crippen LogP contribution in [0.3, 0.4) is 0 Å². The van der Waals surface area contributed by atoms with Crippen LogP contribution in [-0.4, -0.2) is 23.0 Å². The van der Waals surface area contributed by atoms with E-state index in [0.717, 1.165) is 19.4 Å². The Morgan fingerprint density at radius 1 is 1.12 bits per heavy atom. The van der Waals surface area contributed by atoms with Crippen molar-refractivity contribution in [3.63, 3.8) is 0 Å². The van der Waals surface area contributed by atoms with Crippen LogP contribution in [0.5, 0.6) is 0 Å². The topological polar surface area (TPSA) is 32.7 Å². The minimum atomic E-state index is 0.0690. The van der Waals surface area contributed by atoms with Crippen molar-refractivity contribution in [2.24, 2.45) is 5.18 Å². The predicted octanol–water partition coefficient (Wildman–Crippen LogP) is 2.95. The Labute approximate surface area is 102 Å². The van der Waals surface area contributed by atoms with Gasteiger partial charge in [-0.05, 0) is 31.2 Å². The molecule has 3 nitrogen and oxygen atoms in total. The molecule has 90 valence electrons. The molecule has 0 saturated carbocycles. The number of nitroso groups, excluding NO2 is 1. The van der Waals surface area contributed by atoms with Crippen molar-refractivity contribution in [1.29, 1.82) is 0 Å². The van der Waals surface area contributed by atoms with Gasteiger partial charge in [-0.2, -0.15) is 4.91 Å². The highest BCUT2D eigenvalue weighted by Crippen LogP contribution is 2.37. The molecule has 2 fully saturated rings. The first-order valence-electron chi connectivity index (χ1n) is 6.49. The maximum atomic E-state index is 10.7. The van der Waals surface area contributed by atoms with Crippen molar-refractivity contribution in [1.82, 2.24) is 4.90 Å². The molecule has 3 rings (SSSR count). The average Bonchev–Trinajstić information content (AvgIpc) is 2.63. The standard InChI is InChI=1S/C14H18N2O/c17-15-12-8-13-6-7-14(9-12)16(13)10-11-4-2-1-3-5-11/h1-5,12-14H,6-10H2. The Kier molecular flexibility index (Phi) is 2.93. The third-order valence-electron chi connectivity index (χ3n) is 4.22. The first-order valence-corrected chi connectivity index (χ1v) is 6.49. The summed E-state index contributed by atoms with van der Waals surface area (Å²) in [6, 6.07) is 11.8. The van der Waals surface area contributed by atoms with Gasteiger partial charge in [0.15, 0.2) is 0 Å². The van der Waals surface area contributed by atoms with E-state index in [9.17, 15) is 4.91 Å². The van der Waals surface area contributed by atoms with Crippen molar-refractivity contribution in [2.45, 2.75) is 50.4 Å². The number of nitrogens with zero attached hydrogens (tertiary/aromatic N) is 2. The van der Waals surface area contributed by atoms with Crippen molar-refractivity contribution in [3.05, 3.63) is 40.8 Å². The van der Waals surface area contributed by atoms with Crippen LogP contribution in [0.25, 0.3) is 0 Å². The fraction of sp³-hybridized carbons (Fsp3) is 0.571. The van der Waals surface area contributed by atoms with Crippen molar-refractivity contribution < 1.29 is 0 Å². The highest BCUT2D eigenvalue weighted by molar-refractivity contribution is 5.15. The van der Waals surface area contributed by atoms with E-state index in [4.69, 9.17) is 0 Å². The second-order valence-electron chi connectivity index (χ2n) is 5.27. The molecule has 17 heavy (non-hydrogen) atoms. The molecule has 2 aliphatic heterocycles. The van der Waals surface area contributed by atoms with Gasteiger partial charge >= 0.3 is 0 Å². The molecule has 2 saturated heterocycles. The van der Waals surface area contributed by atoms with Crippen LogP contribution in [0, 0.1) is 4.91 Å². The Balaban J connectivity index is 1.71. The van der Waals surface area contributed by atoms with E-state index in [1.165, 1.54) is 18.4 Å². The zero-order valence-electron chi connectivity index (χ0n) is 9.96. The maximum Gasteiger partial charge on any atom is 0.0949 e. The normalized spacial score (nSPS) is 32.6. The molecule has 2 heterocycles. The number of hydrogen-bond acceptors (Lipinski definition) is 3. The third kappa shape index (κ3) is 2.12. The van der Waals surface area contributed by atoms with E-state index in [0.29, 0.717) is 12.1 Å². The quantitative estimate of drug-likeness (QED) is 0.748. The highest BCUT2D eigenvalue weighted by atomic mass is 16.3. The Morgan fingerprint density at radius 3 is 2.35 bits per heavy atom. The number of rotatable bonds is 3. The summed E-state index contributed by atoms with van der Waals surface area (Å²) in [5.41, 5.74) is 1.38. The fourth-order valence-corrected chi connectivity index (χ4v) is 3.38. The number of piperidine rings is 1. The molecule has 3 heteroatoms. The summed E-state index contributed by atoms with van der Waals surface area (Å²) in [7, 11) is 0. The zero-order chi connectivity index (χ0) is 11.7. The third-order valence-corrected chi connectivity index (χ3v) is 4.22. The monoisotopic (exact) mass is 230 g/mol. The van der Waals surface area contributed by atoms with Crippen LogP contribution in [0.15, 0.2) is 35.5 Å². The summed E-state index contributed by atoms with van der Waals surface area (Å²) < 4.78 is 0. The molecule has 0 aliphatic carbocycles. The number of hydrogen-bond donors (Lipinski definition) is 0. The second kappa shape index (κ2) is 4.57. The minimum absolute atomic E-state index is 0.0690. The molecule has 0 amide bonds. The van der Waals surface area contributed by atoms with Crippen molar-refractivity contribution in [3.8, 4) is 0 Å². The van der Waals surface area contributed by atoms with Crippen LogP contribution in [0.1, 0.15) is 31.2 Å². The van der Waals surface area contributed by atoms with E-state index >= 15 is 0 Å². The molecule has 0 radical (unpaired) electrons. The average molecular weight is 230 g/mol. The Bertz CT molecular complexity index is 378. The summed E-state index contributed by atoms with van der Waals surface area (Å²) in [6.07, 6.45) is 4.41. The van der Waals surface area contributed by atoms with Gasteiger partial charge in [0, 0.05) is 18.6 Å². The lowest BCUT2D eigenvalue weighted by Crippen LogP contribution is -2.43. The minimum Gasteiger partial charge on any atom is -0.293 e. The lowest BCUT2D eigenvalue weighted by Gasteiger charge is -2.36. The maximum absolute atomic E-state index is 10.7. The van der Waals surface area contributed by atoms with Gasteiger partial charge in [-0.1, -0.05) is 35.5 Å². The molecule has 0 spiro atoms. The molecular weight excluding hydrogens is 212 g/mol. The van der Waals surface area contributed by atoms with Crippen LogP contribution in [-0.2, 0) is 6.54 Å². The lowest BCUT2D eigenvalue weighted by molar-refractivity contribution is 0.120.